The quantitative estimate of drug-likeness (QED) is 0.690. The van der Waals surface area contributed by atoms with Crippen LogP contribution in [0.5, 0.6) is 0 Å². The zero-order valence-electron chi connectivity index (χ0n) is 10.7. The Kier molecular flexibility index (Phi) is 4.60. The van der Waals surface area contributed by atoms with E-state index in [4.69, 9.17) is 0 Å². The standard InChI is InChI=1S/C14H13NO4S/c1-19-14(16)12-4-2-10(3-5-12)13(20(17)18)11-6-8-15-9-7-11/h2-9,13H,1H3,(H,17,18). The first kappa shape index (κ1) is 14.4. The molecule has 0 amide bonds. The fourth-order valence-corrected chi connectivity index (χ4v) is 2.66. The highest BCUT2D eigenvalue weighted by Gasteiger charge is 2.20. The van der Waals surface area contributed by atoms with Gasteiger partial charge in [-0.05, 0) is 35.4 Å². The van der Waals surface area contributed by atoms with Crippen molar-refractivity contribution in [2.75, 3.05) is 7.11 Å². The Morgan fingerprint density at radius 2 is 1.70 bits per heavy atom. The number of carbonyl (C=O) groups excluding carboxylic acids is 1. The summed E-state index contributed by atoms with van der Waals surface area (Å²) in [6.07, 6.45) is 3.13. The number of nitrogens with zero attached hydrogens (tertiary/aromatic N) is 1. The Morgan fingerprint density at radius 3 is 2.20 bits per heavy atom. The first-order valence-electron chi connectivity index (χ1n) is 5.81. The van der Waals surface area contributed by atoms with Crippen LogP contribution in [0, 0.1) is 0 Å². The molecule has 0 bridgehead atoms. The highest BCUT2D eigenvalue weighted by molar-refractivity contribution is 7.79. The van der Waals surface area contributed by atoms with Crippen LogP contribution in [0.2, 0.25) is 0 Å². The van der Waals surface area contributed by atoms with Crippen molar-refractivity contribution < 1.29 is 18.3 Å². The summed E-state index contributed by atoms with van der Waals surface area (Å²) in [6.45, 7) is 0. The lowest BCUT2D eigenvalue weighted by atomic mass is 10.0. The van der Waals surface area contributed by atoms with Crippen molar-refractivity contribution in [3.63, 3.8) is 0 Å². The van der Waals surface area contributed by atoms with E-state index in [9.17, 15) is 13.6 Å². The predicted molar refractivity (Wildman–Crippen MR) is 74.6 cm³/mol. The molecule has 2 atom stereocenters. The lowest BCUT2D eigenvalue weighted by molar-refractivity contribution is 0.0600. The van der Waals surface area contributed by atoms with Crippen molar-refractivity contribution in [1.82, 2.24) is 4.98 Å². The molecule has 0 aliphatic rings. The molecular weight excluding hydrogens is 278 g/mol. The van der Waals surface area contributed by atoms with E-state index < -0.39 is 22.3 Å². The number of ether oxygens (including phenoxy) is 1. The van der Waals surface area contributed by atoms with Crippen LogP contribution in [0.3, 0.4) is 0 Å². The first-order chi connectivity index (χ1) is 9.63. The van der Waals surface area contributed by atoms with Crippen LogP contribution >= 0.6 is 0 Å². The maximum Gasteiger partial charge on any atom is 0.337 e. The Hall–Kier alpha value is -2.05. The highest BCUT2D eigenvalue weighted by Crippen LogP contribution is 2.27. The molecule has 0 saturated carbocycles. The van der Waals surface area contributed by atoms with Crippen molar-refractivity contribution in [1.29, 1.82) is 0 Å². The van der Waals surface area contributed by atoms with Crippen LogP contribution in [0.15, 0.2) is 48.8 Å². The largest absolute Gasteiger partial charge is 0.465 e. The number of hydrogen-bond donors (Lipinski definition) is 1. The summed E-state index contributed by atoms with van der Waals surface area (Å²) in [4.78, 5) is 15.2. The molecule has 20 heavy (non-hydrogen) atoms. The van der Waals surface area contributed by atoms with Crippen molar-refractivity contribution in [2.45, 2.75) is 5.25 Å². The van der Waals surface area contributed by atoms with Gasteiger partial charge < -0.3 is 9.29 Å². The van der Waals surface area contributed by atoms with Gasteiger partial charge in [0.05, 0.1) is 12.7 Å². The Morgan fingerprint density at radius 1 is 1.15 bits per heavy atom. The normalized spacial score (nSPS) is 13.5. The zero-order valence-corrected chi connectivity index (χ0v) is 11.5. The number of carbonyl (C=O) groups is 1. The molecular formula is C14H13NO4S. The first-order valence-corrected chi connectivity index (χ1v) is 6.98. The molecule has 0 radical (unpaired) electrons. The Labute approximate surface area is 118 Å². The van der Waals surface area contributed by atoms with Gasteiger partial charge in [-0.2, -0.15) is 0 Å². The van der Waals surface area contributed by atoms with Gasteiger partial charge in [-0.1, -0.05) is 12.1 Å². The van der Waals surface area contributed by atoms with E-state index in [0.29, 0.717) is 16.7 Å². The summed E-state index contributed by atoms with van der Waals surface area (Å²) in [6, 6.07) is 9.81. The molecule has 1 aromatic heterocycles. The van der Waals surface area contributed by atoms with E-state index in [-0.39, 0.29) is 0 Å². The second-order valence-corrected chi connectivity index (χ2v) is 5.07. The second-order valence-electron chi connectivity index (χ2n) is 4.05. The summed E-state index contributed by atoms with van der Waals surface area (Å²) in [5.74, 6) is -0.442. The van der Waals surface area contributed by atoms with E-state index in [2.05, 4.69) is 9.72 Å². The highest BCUT2D eigenvalue weighted by atomic mass is 32.2. The second kappa shape index (κ2) is 6.40. The molecule has 1 N–H and O–H groups in total. The van der Waals surface area contributed by atoms with Gasteiger partial charge >= 0.3 is 5.97 Å². The summed E-state index contributed by atoms with van der Waals surface area (Å²) >= 11 is -2.07. The number of aromatic nitrogens is 1. The van der Waals surface area contributed by atoms with E-state index in [1.807, 2.05) is 0 Å². The lowest BCUT2D eigenvalue weighted by Gasteiger charge is -2.14. The number of rotatable bonds is 4. The molecule has 5 nitrogen and oxygen atoms in total. The van der Waals surface area contributed by atoms with Gasteiger partial charge in [-0.15, -0.1) is 0 Å². The van der Waals surface area contributed by atoms with Gasteiger partial charge in [-0.25, -0.2) is 9.00 Å². The van der Waals surface area contributed by atoms with E-state index in [1.165, 1.54) is 7.11 Å². The van der Waals surface area contributed by atoms with Gasteiger partial charge in [0, 0.05) is 12.4 Å². The molecule has 104 valence electrons. The van der Waals surface area contributed by atoms with Crippen LogP contribution in [-0.2, 0) is 15.8 Å². The van der Waals surface area contributed by atoms with Crippen LogP contribution in [-0.4, -0.2) is 26.8 Å². The van der Waals surface area contributed by atoms with Gasteiger partial charge in [0.25, 0.3) is 0 Å². The average molecular weight is 291 g/mol. The minimum atomic E-state index is -2.07. The van der Waals surface area contributed by atoms with Crippen molar-refractivity contribution in [3.05, 3.63) is 65.5 Å². The number of pyridine rings is 1. The van der Waals surface area contributed by atoms with Crippen molar-refractivity contribution in [3.8, 4) is 0 Å². The number of esters is 1. The van der Waals surface area contributed by atoms with E-state index >= 15 is 0 Å². The fraction of sp³-hybridized carbons (Fsp3) is 0.143. The molecule has 1 aromatic carbocycles. The third-order valence-electron chi connectivity index (χ3n) is 2.85. The minimum absolute atomic E-state index is 0.397. The fourth-order valence-electron chi connectivity index (χ4n) is 1.88. The molecule has 0 fully saturated rings. The number of benzene rings is 1. The molecule has 0 aliphatic heterocycles. The van der Waals surface area contributed by atoms with Crippen molar-refractivity contribution >= 4 is 17.0 Å². The molecule has 0 saturated heterocycles. The SMILES string of the molecule is COC(=O)c1ccc(C(c2ccncc2)S(=O)O)cc1. The monoisotopic (exact) mass is 291 g/mol. The summed E-state index contributed by atoms with van der Waals surface area (Å²) in [7, 11) is 1.30. The molecule has 2 aromatic rings. The third kappa shape index (κ3) is 3.09. The van der Waals surface area contributed by atoms with E-state index in [0.717, 1.165) is 0 Å². The Bertz CT molecular complexity index is 613. The lowest BCUT2D eigenvalue weighted by Crippen LogP contribution is -2.08. The molecule has 2 unspecified atom stereocenters. The van der Waals surface area contributed by atoms with Crippen LogP contribution in [0.25, 0.3) is 0 Å². The maximum atomic E-state index is 11.6. The predicted octanol–water partition coefficient (Wildman–Crippen LogP) is 2.18. The van der Waals surface area contributed by atoms with Gasteiger partial charge in [0.1, 0.15) is 5.25 Å². The summed E-state index contributed by atoms with van der Waals surface area (Å²) in [5, 5.41) is -0.676. The topological polar surface area (TPSA) is 76.5 Å². The zero-order chi connectivity index (χ0) is 14.5. The summed E-state index contributed by atoms with van der Waals surface area (Å²) in [5.41, 5.74) is 1.73. The molecule has 6 heteroatoms. The average Bonchev–Trinajstić information content (AvgIpc) is 2.48. The molecule has 0 aliphatic carbocycles. The van der Waals surface area contributed by atoms with Crippen LogP contribution in [0.1, 0.15) is 26.7 Å². The third-order valence-corrected chi connectivity index (χ3v) is 3.79. The number of hydrogen-bond acceptors (Lipinski definition) is 4. The molecule has 2 rings (SSSR count). The Balaban J connectivity index is 2.36. The number of methoxy groups -OCH3 is 1. The molecule has 1 heterocycles. The smallest absolute Gasteiger partial charge is 0.337 e. The van der Waals surface area contributed by atoms with Gasteiger partial charge in [0.2, 0.25) is 0 Å². The summed E-state index contributed by atoms with van der Waals surface area (Å²) < 4.78 is 25.7. The van der Waals surface area contributed by atoms with Crippen LogP contribution < -0.4 is 0 Å². The van der Waals surface area contributed by atoms with Crippen molar-refractivity contribution in [2.24, 2.45) is 0 Å². The molecule has 0 spiro atoms. The van der Waals surface area contributed by atoms with Gasteiger partial charge in [0.15, 0.2) is 11.1 Å². The maximum absolute atomic E-state index is 11.6. The van der Waals surface area contributed by atoms with E-state index in [1.54, 1.807) is 48.8 Å². The minimum Gasteiger partial charge on any atom is -0.465 e. The van der Waals surface area contributed by atoms with Crippen LogP contribution in [0.4, 0.5) is 0 Å². The van der Waals surface area contributed by atoms with Gasteiger partial charge in [-0.3, -0.25) is 4.98 Å².